The highest BCUT2D eigenvalue weighted by atomic mass is 32.2. The third-order valence-electron chi connectivity index (χ3n) is 2.69. The summed E-state index contributed by atoms with van der Waals surface area (Å²) in [6.07, 6.45) is 2.43. The van der Waals surface area contributed by atoms with Gasteiger partial charge in [0, 0.05) is 13.1 Å². The smallest absolute Gasteiger partial charge is 0.152 e. The lowest BCUT2D eigenvalue weighted by Crippen LogP contribution is -2.40. The van der Waals surface area contributed by atoms with E-state index >= 15 is 0 Å². The number of sulfone groups is 1. The Kier molecular flexibility index (Phi) is 4.38. The van der Waals surface area contributed by atoms with Crippen molar-refractivity contribution in [1.82, 2.24) is 4.90 Å². The summed E-state index contributed by atoms with van der Waals surface area (Å²) in [5.41, 5.74) is 0. The van der Waals surface area contributed by atoms with Gasteiger partial charge in [0.25, 0.3) is 0 Å². The van der Waals surface area contributed by atoms with Crippen LogP contribution in [-0.4, -0.2) is 44.5 Å². The second kappa shape index (κ2) is 5.12. The first-order valence-corrected chi connectivity index (χ1v) is 7.24. The highest BCUT2D eigenvalue weighted by Gasteiger charge is 2.20. The minimum absolute atomic E-state index is 0.356. The zero-order valence-corrected chi connectivity index (χ0v) is 10.0. The average molecular weight is 219 g/mol. The second-order valence-corrected chi connectivity index (χ2v) is 6.83. The third kappa shape index (κ3) is 4.42. The standard InChI is InChI=1S/C10H21NO2S/c1-10(2)4-3-5-11-6-8-14(12,13)9-7-11/h10H,3-9H2,1-2H3. The maximum atomic E-state index is 11.2. The van der Waals surface area contributed by atoms with E-state index in [1.165, 1.54) is 12.8 Å². The Labute approximate surface area is 87.4 Å². The molecule has 0 N–H and O–H groups in total. The van der Waals surface area contributed by atoms with Crippen LogP contribution in [0.2, 0.25) is 0 Å². The molecule has 1 saturated heterocycles. The Morgan fingerprint density at radius 2 is 1.79 bits per heavy atom. The van der Waals surface area contributed by atoms with Crippen molar-refractivity contribution < 1.29 is 8.42 Å². The van der Waals surface area contributed by atoms with Crippen molar-refractivity contribution in [2.24, 2.45) is 5.92 Å². The van der Waals surface area contributed by atoms with Crippen LogP contribution in [0.1, 0.15) is 26.7 Å². The minimum Gasteiger partial charge on any atom is -0.301 e. The van der Waals surface area contributed by atoms with Crippen LogP contribution in [-0.2, 0) is 9.84 Å². The van der Waals surface area contributed by atoms with Crippen molar-refractivity contribution in [2.75, 3.05) is 31.1 Å². The fourth-order valence-electron chi connectivity index (χ4n) is 1.70. The summed E-state index contributed by atoms with van der Waals surface area (Å²) in [6.45, 7) is 6.98. The van der Waals surface area contributed by atoms with Crippen LogP contribution >= 0.6 is 0 Å². The van der Waals surface area contributed by atoms with E-state index in [0.717, 1.165) is 25.6 Å². The van der Waals surface area contributed by atoms with E-state index in [1.807, 2.05) is 0 Å². The summed E-state index contributed by atoms with van der Waals surface area (Å²) in [5, 5.41) is 0. The molecular weight excluding hydrogens is 198 g/mol. The molecule has 0 bridgehead atoms. The molecular formula is C10H21NO2S. The average Bonchev–Trinajstić information content (AvgIpc) is 2.07. The van der Waals surface area contributed by atoms with E-state index in [2.05, 4.69) is 18.7 Å². The van der Waals surface area contributed by atoms with Crippen molar-refractivity contribution in [2.45, 2.75) is 26.7 Å². The molecule has 3 nitrogen and oxygen atoms in total. The summed E-state index contributed by atoms with van der Waals surface area (Å²) in [7, 11) is -2.70. The van der Waals surface area contributed by atoms with Crippen LogP contribution in [0.25, 0.3) is 0 Å². The predicted molar refractivity (Wildman–Crippen MR) is 59.2 cm³/mol. The van der Waals surface area contributed by atoms with E-state index < -0.39 is 9.84 Å². The van der Waals surface area contributed by atoms with E-state index in [9.17, 15) is 8.42 Å². The van der Waals surface area contributed by atoms with Crippen molar-refractivity contribution in [3.8, 4) is 0 Å². The van der Waals surface area contributed by atoms with Crippen molar-refractivity contribution in [3.05, 3.63) is 0 Å². The molecule has 0 spiro atoms. The summed E-state index contributed by atoms with van der Waals surface area (Å²) in [6, 6.07) is 0. The maximum Gasteiger partial charge on any atom is 0.152 e. The van der Waals surface area contributed by atoms with Crippen molar-refractivity contribution in [3.63, 3.8) is 0 Å². The van der Waals surface area contributed by atoms with Gasteiger partial charge in [-0.2, -0.15) is 0 Å². The van der Waals surface area contributed by atoms with E-state index in [1.54, 1.807) is 0 Å². The van der Waals surface area contributed by atoms with Crippen molar-refractivity contribution >= 4 is 9.84 Å². The molecule has 1 aliphatic heterocycles. The Morgan fingerprint density at radius 3 is 2.29 bits per heavy atom. The third-order valence-corrected chi connectivity index (χ3v) is 4.30. The lowest BCUT2D eigenvalue weighted by Gasteiger charge is -2.26. The molecule has 0 saturated carbocycles. The summed E-state index contributed by atoms with van der Waals surface area (Å²) >= 11 is 0. The highest BCUT2D eigenvalue weighted by molar-refractivity contribution is 7.91. The zero-order chi connectivity index (χ0) is 10.6. The number of nitrogens with zero attached hydrogens (tertiary/aromatic N) is 1. The molecule has 0 aliphatic carbocycles. The fraction of sp³-hybridized carbons (Fsp3) is 1.00. The first-order valence-electron chi connectivity index (χ1n) is 5.42. The molecule has 0 radical (unpaired) electrons. The monoisotopic (exact) mass is 219 g/mol. The predicted octanol–water partition coefficient (Wildman–Crippen LogP) is 1.15. The Morgan fingerprint density at radius 1 is 1.21 bits per heavy atom. The first kappa shape index (κ1) is 12.0. The van der Waals surface area contributed by atoms with Gasteiger partial charge in [-0.3, -0.25) is 0 Å². The normalized spacial score (nSPS) is 22.8. The molecule has 0 aromatic carbocycles. The van der Waals surface area contributed by atoms with Gasteiger partial charge in [0.05, 0.1) is 11.5 Å². The van der Waals surface area contributed by atoms with Crippen LogP contribution < -0.4 is 0 Å². The lowest BCUT2D eigenvalue weighted by atomic mass is 10.1. The summed E-state index contributed by atoms with van der Waals surface area (Å²) < 4.78 is 22.3. The fourth-order valence-corrected chi connectivity index (χ4v) is 2.97. The van der Waals surface area contributed by atoms with Gasteiger partial charge in [-0.15, -0.1) is 0 Å². The summed E-state index contributed by atoms with van der Waals surface area (Å²) in [4.78, 5) is 2.27. The van der Waals surface area contributed by atoms with Gasteiger partial charge in [0.1, 0.15) is 0 Å². The molecule has 0 atom stereocenters. The van der Waals surface area contributed by atoms with Gasteiger partial charge >= 0.3 is 0 Å². The van der Waals surface area contributed by atoms with Gasteiger partial charge < -0.3 is 4.90 Å². The topological polar surface area (TPSA) is 37.4 Å². The van der Waals surface area contributed by atoms with Crippen LogP contribution in [0.15, 0.2) is 0 Å². The first-order chi connectivity index (χ1) is 6.49. The second-order valence-electron chi connectivity index (χ2n) is 4.53. The molecule has 0 unspecified atom stereocenters. The van der Waals surface area contributed by atoms with Crippen LogP contribution in [0.5, 0.6) is 0 Å². The maximum absolute atomic E-state index is 11.2. The van der Waals surface area contributed by atoms with Gasteiger partial charge in [-0.05, 0) is 25.3 Å². The van der Waals surface area contributed by atoms with Gasteiger partial charge in [0.15, 0.2) is 9.84 Å². The van der Waals surface area contributed by atoms with Gasteiger partial charge in [0.2, 0.25) is 0 Å². The molecule has 0 amide bonds. The Bertz CT molecular complexity index is 245. The quantitative estimate of drug-likeness (QED) is 0.712. The highest BCUT2D eigenvalue weighted by Crippen LogP contribution is 2.08. The van der Waals surface area contributed by atoms with E-state index in [4.69, 9.17) is 0 Å². The molecule has 0 aromatic heterocycles. The van der Waals surface area contributed by atoms with E-state index in [0.29, 0.717) is 11.5 Å². The molecule has 1 fully saturated rings. The number of rotatable bonds is 4. The number of hydrogen-bond donors (Lipinski definition) is 0. The Balaban J connectivity index is 2.16. The molecule has 14 heavy (non-hydrogen) atoms. The van der Waals surface area contributed by atoms with Crippen LogP contribution in [0.4, 0.5) is 0 Å². The number of hydrogen-bond acceptors (Lipinski definition) is 3. The Hall–Kier alpha value is -0.0900. The van der Waals surface area contributed by atoms with Gasteiger partial charge in [-0.25, -0.2) is 8.42 Å². The van der Waals surface area contributed by atoms with Crippen LogP contribution in [0.3, 0.4) is 0 Å². The minimum atomic E-state index is -2.70. The summed E-state index contributed by atoms with van der Waals surface area (Å²) in [5.74, 6) is 1.46. The molecule has 1 rings (SSSR count). The molecule has 1 aliphatic rings. The molecule has 1 heterocycles. The molecule has 0 aromatic rings. The lowest BCUT2D eigenvalue weighted by molar-refractivity contribution is 0.283. The van der Waals surface area contributed by atoms with Gasteiger partial charge in [-0.1, -0.05) is 13.8 Å². The largest absolute Gasteiger partial charge is 0.301 e. The van der Waals surface area contributed by atoms with Crippen LogP contribution in [0, 0.1) is 5.92 Å². The molecule has 84 valence electrons. The molecule has 4 heteroatoms. The SMILES string of the molecule is CC(C)CCCN1CCS(=O)(=O)CC1. The van der Waals surface area contributed by atoms with E-state index in [-0.39, 0.29) is 0 Å². The zero-order valence-electron chi connectivity index (χ0n) is 9.20. The van der Waals surface area contributed by atoms with Crippen molar-refractivity contribution in [1.29, 1.82) is 0 Å².